The lowest BCUT2D eigenvalue weighted by atomic mass is 10.1. The number of rotatable bonds is 3. The summed E-state index contributed by atoms with van der Waals surface area (Å²) in [6, 6.07) is 8.99. The zero-order valence-electron chi connectivity index (χ0n) is 13.6. The molecule has 1 aliphatic rings. The van der Waals surface area contributed by atoms with Gasteiger partial charge in [-0.3, -0.25) is 4.79 Å². The predicted molar refractivity (Wildman–Crippen MR) is 84.3 cm³/mol. The average molecular weight is 315 g/mol. The van der Waals surface area contributed by atoms with E-state index in [-0.39, 0.29) is 18.4 Å². The van der Waals surface area contributed by atoms with Gasteiger partial charge in [-0.15, -0.1) is 0 Å². The maximum atomic E-state index is 12.1. The largest absolute Gasteiger partial charge is 0.444 e. The molecule has 2 amide bonds. The Hall–Kier alpha value is -2.55. The summed E-state index contributed by atoms with van der Waals surface area (Å²) in [5, 5.41) is 11.6. The van der Waals surface area contributed by atoms with Crippen LogP contribution >= 0.6 is 0 Å². The number of ether oxygens (including phenoxy) is 1. The Labute approximate surface area is 136 Å². The Morgan fingerprint density at radius 2 is 2.22 bits per heavy atom. The lowest BCUT2D eigenvalue weighted by Crippen LogP contribution is -2.40. The second kappa shape index (κ2) is 6.69. The van der Waals surface area contributed by atoms with Gasteiger partial charge < -0.3 is 15.0 Å². The normalized spacial score (nSPS) is 17.7. The lowest BCUT2D eigenvalue weighted by molar-refractivity contribution is -0.128. The molecular weight excluding hydrogens is 294 g/mol. The maximum absolute atomic E-state index is 12.1. The second-order valence-electron chi connectivity index (χ2n) is 6.63. The number of nitrogens with one attached hydrogen (secondary N) is 1. The summed E-state index contributed by atoms with van der Waals surface area (Å²) in [5.74, 6) is -0.0200. The third-order valence-corrected chi connectivity index (χ3v) is 3.36. The molecule has 0 aliphatic carbocycles. The summed E-state index contributed by atoms with van der Waals surface area (Å²) in [6.45, 7) is 6.25. The van der Waals surface area contributed by atoms with Gasteiger partial charge in [0.05, 0.1) is 17.7 Å². The van der Waals surface area contributed by atoms with Crippen LogP contribution in [0, 0.1) is 11.3 Å². The van der Waals surface area contributed by atoms with Gasteiger partial charge in [0.2, 0.25) is 5.91 Å². The highest BCUT2D eigenvalue weighted by Crippen LogP contribution is 2.16. The highest BCUT2D eigenvalue weighted by molar-refractivity contribution is 5.80. The molecule has 1 saturated heterocycles. The molecule has 0 bridgehead atoms. The third kappa shape index (κ3) is 4.99. The maximum Gasteiger partial charge on any atom is 0.407 e. The highest BCUT2D eigenvalue weighted by Gasteiger charge is 2.31. The highest BCUT2D eigenvalue weighted by atomic mass is 16.6. The van der Waals surface area contributed by atoms with Crippen molar-refractivity contribution in [2.24, 2.45) is 0 Å². The van der Waals surface area contributed by atoms with Crippen molar-refractivity contribution in [3.05, 3.63) is 35.4 Å². The van der Waals surface area contributed by atoms with Crippen molar-refractivity contribution in [2.75, 3.05) is 6.54 Å². The number of likely N-dealkylation sites (tertiary alicyclic amines) is 1. The van der Waals surface area contributed by atoms with E-state index in [2.05, 4.69) is 11.4 Å². The summed E-state index contributed by atoms with van der Waals surface area (Å²) in [4.78, 5) is 25.5. The summed E-state index contributed by atoms with van der Waals surface area (Å²) in [6.07, 6.45) is -0.249. The van der Waals surface area contributed by atoms with Gasteiger partial charge in [-0.2, -0.15) is 5.26 Å². The quantitative estimate of drug-likeness (QED) is 0.927. The molecule has 1 fully saturated rings. The number of carbonyl (C=O) groups is 2. The fraction of sp³-hybridized carbons (Fsp3) is 0.471. The van der Waals surface area contributed by atoms with E-state index in [1.165, 1.54) is 0 Å². The molecule has 1 aromatic rings. The molecule has 6 heteroatoms. The Bertz CT molecular complexity index is 643. The Morgan fingerprint density at radius 1 is 1.48 bits per heavy atom. The van der Waals surface area contributed by atoms with Crippen molar-refractivity contribution in [2.45, 2.75) is 45.4 Å². The second-order valence-corrected chi connectivity index (χ2v) is 6.63. The van der Waals surface area contributed by atoms with Gasteiger partial charge in [-0.25, -0.2) is 4.79 Å². The van der Waals surface area contributed by atoms with Gasteiger partial charge in [-0.1, -0.05) is 12.1 Å². The van der Waals surface area contributed by atoms with Crippen LogP contribution in [-0.2, 0) is 16.1 Å². The van der Waals surface area contributed by atoms with E-state index in [9.17, 15) is 9.59 Å². The summed E-state index contributed by atoms with van der Waals surface area (Å²) in [7, 11) is 0. The molecule has 0 saturated carbocycles. The first-order valence-corrected chi connectivity index (χ1v) is 7.53. The fourth-order valence-electron chi connectivity index (χ4n) is 2.46. The topological polar surface area (TPSA) is 82.4 Å². The van der Waals surface area contributed by atoms with Gasteiger partial charge in [0.15, 0.2) is 0 Å². The standard InChI is InChI=1S/C17H21N3O3/c1-17(2,3)23-16(22)19-14-8-15(21)20(11-14)10-13-6-4-5-12(7-13)9-18/h4-7,14H,8,10-11H2,1-3H3,(H,19,22)/t14-/m0/s1. The molecule has 122 valence electrons. The van der Waals surface area contributed by atoms with E-state index in [1.54, 1.807) is 43.9 Å². The monoisotopic (exact) mass is 315 g/mol. The molecule has 1 aromatic carbocycles. The minimum atomic E-state index is -0.565. The SMILES string of the molecule is CC(C)(C)OC(=O)N[C@H]1CC(=O)N(Cc2cccc(C#N)c2)C1. The zero-order valence-corrected chi connectivity index (χ0v) is 13.6. The van der Waals surface area contributed by atoms with E-state index in [4.69, 9.17) is 10.00 Å². The molecule has 0 spiro atoms. The molecule has 0 unspecified atom stereocenters. The van der Waals surface area contributed by atoms with Crippen LogP contribution in [0.25, 0.3) is 0 Å². The molecule has 1 aliphatic heterocycles. The first kappa shape index (κ1) is 16.8. The molecule has 6 nitrogen and oxygen atoms in total. The number of carbonyl (C=O) groups excluding carboxylic acids is 2. The van der Waals surface area contributed by atoms with Gasteiger partial charge >= 0.3 is 6.09 Å². The first-order chi connectivity index (χ1) is 10.8. The van der Waals surface area contributed by atoms with E-state index >= 15 is 0 Å². The third-order valence-electron chi connectivity index (χ3n) is 3.36. The Balaban J connectivity index is 1.92. The predicted octanol–water partition coefficient (Wildman–Crippen LogP) is 2.18. The van der Waals surface area contributed by atoms with Gasteiger partial charge in [0, 0.05) is 19.5 Å². The van der Waals surface area contributed by atoms with Crippen LogP contribution < -0.4 is 5.32 Å². The Morgan fingerprint density at radius 3 is 2.87 bits per heavy atom. The van der Waals surface area contributed by atoms with Crippen molar-refractivity contribution < 1.29 is 14.3 Å². The molecule has 1 N–H and O–H groups in total. The molecule has 1 atom stereocenters. The van der Waals surface area contributed by atoms with Gasteiger partial charge in [0.1, 0.15) is 5.60 Å². The van der Waals surface area contributed by atoms with E-state index in [0.29, 0.717) is 18.7 Å². The van der Waals surface area contributed by atoms with Crippen molar-refractivity contribution in [3.63, 3.8) is 0 Å². The van der Waals surface area contributed by atoms with Crippen LogP contribution in [0.5, 0.6) is 0 Å². The molecular formula is C17H21N3O3. The minimum absolute atomic E-state index is 0.0200. The van der Waals surface area contributed by atoms with Crippen molar-refractivity contribution in [1.82, 2.24) is 10.2 Å². The molecule has 23 heavy (non-hydrogen) atoms. The molecule has 0 radical (unpaired) electrons. The molecule has 0 aromatic heterocycles. The number of nitriles is 1. The lowest BCUT2D eigenvalue weighted by Gasteiger charge is -2.22. The summed E-state index contributed by atoms with van der Waals surface area (Å²) < 4.78 is 5.20. The number of amides is 2. The number of alkyl carbamates (subject to hydrolysis) is 1. The van der Waals surface area contributed by atoms with Crippen LogP contribution in [0.1, 0.15) is 38.3 Å². The van der Waals surface area contributed by atoms with Crippen LogP contribution in [-0.4, -0.2) is 35.1 Å². The van der Waals surface area contributed by atoms with Crippen molar-refractivity contribution in [3.8, 4) is 6.07 Å². The minimum Gasteiger partial charge on any atom is -0.444 e. The van der Waals surface area contributed by atoms with Gasteiger partial charge in [-0.05, 0) is 38.5 Å². The zero-order chi connectivity index (χ0) is 17.0. The van der Waals surface area contributed by atoms with Crippen LogP contribution in [0.15, 0.2) is 24.3 Å². The van der Waals surface area contributed by atoms with Crippen LogP contribution in [0.3, 0.4) is 0 Å². The number of benzene rings is 1. The number of hydrogen-bond donors (Lipinski definition) is 1. The summed E-state index contributed by atoms with van der Waals surface area (Å²) >= 11 is 0. The Kier molecular flexibility index (Phi) is 4.89. The molecule has 1 heterocycles. The van der Waals surface area contributed by atoms with Crippen LogP contribution in [0.2, 0.25) is 0 Å². The van der Waals surface area contributed by atoms with E-state index in [0.717, 1.165) is 5.56 Å². The summed E-state index contributed by atoms with van der Waals surface area (Å²) in [5.41, 5.74) is 0.900. The van der Waals surface area contributed by atoms with E-state index < -0.39 is 11.7 Å². The van der Waals surface area contributed by atoms with Crippen molar-refractivity contribution >= 4 is 12.0 Å². The first-order valence-electron chi connectivity index (χ1n) is 7.53. The fourth-order valence-corrected chi connectivity index (χ4v) is 2.46. The average Bonchev–Trinajstić information content (AvgIpc) is 2.76. The van der Waals surface area contributed by atoms with Crippen molar-refractivity contribution in [1.29, 1.82) is 5.26 Å². The van der Waals surface area contributed by atoms with Gasteiger partial charge in [0.25, 0.3) is 0 Å². The number of nitrogens with zero attached hydrogens (tertiary/aromatic N) is 2. The molecule has 2 rings (SSSR count). The smallest absolute Gasteiger partial charge is 0.407 e. The van der Waals surface area contributed by atoms with Crippen LogP contribution in [0.4, 0.5) is 4.79 Å². The number of hydrogen-bond acceptors (Lipinski definition) is 4. The van der Waals surface area contributed by atoms with E-state index in [1.807, 2.05) is 6.07 Å².